The van der Waals surface area contributed by atoms with Gasteiger partial charge in [0.25, 0.3) is 0 Å². The number of thiophene rings is 1. The lowest BCUT2D eigenvalue weighted by molar-refractivity contribution is -0.176. The zero-order valence-electron chi connectivity index (χ0n) is 18.1. The molecule has 31 heavy (non-hydrogen) atoms. The van der Waals surface area contributed by atoms with Crippen LogP contribution in [0, 0.1) is 23.7 Å². The summed E-state index contributed by atoms with van der Waals surface area (Å²) in [4.78, 5) is 16.6. The molecule has 0 spiro atoms. The number of benzene rings is 1. The molecule has 0 radical (unpaired) electrons. The minimum Gasteiger partial charge on any atom is -0.463 e. The summed E-state index contributed by atoms with van der Waals surface area (Å²) in [6.07, 6.45) is 6.39. The first kappa shape index (κ1) is 21.2. The molecule has 2 aromatic rings. The second kappa shape index (κ2) is 9.05. The van der Waals surface area contributed by atoms with Crippen LogP contribution in [0.1, 0.15) is 49.0 Å². The van der Waals surface area contributed by atoms with Gasteiger partial charge in [-0.2, -0.15) is 0 Å². The van der Waals surface area contributed by atoms with E-state index < -0.39 is 11.6 Å². The minimum absolute atomic E-state index is 0.0249. The predicted octanol–water partition coefficient (Wildman–Crippen LogP) is 4.83. The van der Waals surface area contributed by atoms with Crippen molar-refractivity contribution >= 4 is 17.3 Å². The zero-order chi connectivity index (χ0) is 21.3. The molecular weight excluding hydrogens is 406 g/mol. The molecule has 1 saturated heterocycles. The third-order valence-electron chi connectivity index (χ3n) is 7.91. The van der Waals surface area contributed by atoms with Crippen molar-refractivity contribution in [1.29, 1.82) is 0 Å². The van der Waals surface area contributed by atoms with Gasteiger partial charge in [0.15, 0.2) is 5.60 Å². The van der Waals surface area contributed by atoms with E-state index in [-0.39, 0.29) is 5.92 Å². The van der Waals surface area contributed by atoms with Crippen molar-refractivity contribution in [2.45, 2.75) is 50.7 Å². The summed E-state index contributed by atoms with van der Waals surface area (Å²) in [7, 11) is 0. The van der Waals surface area contributed by atoms with Crippen molar-refractivity contribution in [3.63, 3.8) is 0 Å². The highest BCUT2D eigenvalue weighted by Crippen LogP contribution is 2.45. The number of nitrogens with zero attached hydrogens (tertiary/aromatic N) is 1. The first-order valence-corrected chi connectivity index (χ1v) is 12.7. The van der Waals surface area contributed by atoms with Crippen LogP contribution in [-0.2, 0) is 21.7 Å². The van der Waals surface area contributed by atoms with Crippen LogP contribution in [0.15, 0.2) is 47.8 Å². The molecule has 2 heterocycles. The number of carbonyl (C=O) groups is 1. The van der Waals surface area contributed by atoms with E-state index in [1.807, 2.05) is 17.5 Å². The quantitative estimate of drug-likeness (QED) is 0.628. The Morgan fingerprint density at radius 3 is 2.39 bits per heavy atom. The van der Waals surface area contributed by atoms with E-state index in [0.717, 1.165) is 50.2 Å². The normalized spacial score (nSPS) is 28.5. The average Bonchev–Trinajstić information content (AvgIpc) is 3.54. The molecule has 2 bridgehead atoms. The number of aliphatic hydroxyl groups is 1. The van der Waals surface area contributed by atoms with Crippen molar-refractivity contribution in [3.05, 3.63) is 58.3 Å². The Labute approximate surface area is 189 Å². The number of ether oxygens (including phenoxy) is 1. The van der Waals surface area contributed by atoms with Crippen LogP contribution < -0.4 is 0 Å². The lowest BCUT2D eigenvalue weighted by Crippen LogP contribution is -2.46. The standard InChI is InChI=1S/C26H33NO3S/c28-25(26(29,22-9-4-5-10-22)24-11-6-14-31-24)30-18-23-20-12-13-21(23)17-27(16-20)15-19-7-2-1-3-8-19/h1-3,6-8,11,14,20-23,29H,4-5,9-10,12-13,15-18H2. The predicted molar refractivity (Wildman–Crippen MR) is 123 cm³/mol. The van der Waals surface area contributed by atoms with Gasteiger partial charge < -0.3 is 9.84 Å². The van der Waals surface area contributed by atoms with Gasteiger partial charge in [0, 0.05) is 36.3 Å². The van der Waals surface area contributed by atoms with E-state index in [2.05, 4.69) is 35.2 Å². The number of hydrogen-bond acceptors (Lipinski definition) is 5. The molecule has 166 valence electrons. The maximum Gasteiger partial charge on any atom is 0.344 e. The fourth-order valence-corrected chi connectivity index (χ4v) is 7.16. The summed E-state index contributed by atoms with van der Waals surface area (Å²) in [5, 5.41) is 13.5. The number of likely N-dealkylation sites (tertiary alicyclic amines) is 1. The van der Waals surface area contributed by atoms with Gasteiger partial charge in [-0.1, -0.05) is 49.2 Å². The van der Waals surface area contributed by atoms with Gasteiger partial charge in [-0.3, -0.25) is 4.90 Å². The van der Waals surface area contributed by atoms with Gasteiger partial charge in [-0.25, -0.2) is 4.79 Å². The van der Waals surface area contributed by atoms with Gasteiger partial charge in [-0.05, 0) is 54.5 Å². The molecule has 2 saturated carbocycles. The number of piperidine rings is 1. The van der Waals surface area contributed by atoms with E-state index in [0.29, 0.717) is 24.4 Å². The fraction of sp³-hybridized carbons (Fsp3) is 0.577. The van der Waals surface area contributed by atoms with Crippen LogP contribution in [0.2, 0.25) is 0 Å². The Balaban J connectivity index is 1.22. The SMILES string of the molecule is O=C(OCC1C2CCC1CN(Cc1ccccc1)C2)C(O)(c1cccs1)C1CCCC1. The third kappa shape index (κ3) is 4.20. The minimum atomic E-state index is -1.47. The van der Waals surface area contributed by atoms with Crippen LogP contribution in [-0.4, -0.2) is 35.7 Å². The highest BCUT2D eigenvalue weighted by molar-refractivity contribution is 7.10. The van der Waals surface area contributed by atoms with Crippen LogP contribution in [0.25, 0.3) is 0 Å². The molecule has 4 nitrogen and oxygen atoms in total. The van der Waals surface area contributed by atoms with Crippen LogP contribution in [0.4, 0.5) is 0 Å². The Kier molecular flexibility index (Phi) is 6.18. The molecule has 1 aromatic carbocycles. The average molecular weight is 440 g/mol. The van der Waals surface area contributed by atoms with Crippen LogP contribution in [0.5, 0.6) is 0 Å². The number of hydrogen-bond donors (Lipinski definition) is 1. The molecule has 1 aromatic heterocycles. The fourth-order valence-electron chi connectivity index (χ4n) is 6.26. The van der Waals surface area contributed by atoms with E-state index >= 15 is 0 Å². The highest BCUT2D eigenvalue weighted by atomic mass is 32.1. The molecule has 5 rings (SSSR count). The summed E-state index contributed by atoms with van der Waals surface area (Å²) in [6, 6.07) is 14.5. The van der Waals surface area contributed by atoms with Crippen LogP contribution in [0.3, 0.4) is 0 Å². The number of esters is 1. The summed E-state index contributed by atoms with van der Waals surface area (Å²) in [6.45, 7) is 3.60. The summed E-state index contributed by atoms with van der Waals surface area (Å²) >= 11 is 1.46. The summed E-state index contributed by atoms with van der Waals surface area (Å²) < 4.78 is 5.92. The maximum atomic E-state index is 13.3. The van der Waals surface area contributed by atoms with E-state index in [4.69, 9.17) is 4.74 Å². The summed E-state index contributed by atoms with van der Waals surface area (Å²) in [5.74, 6) is 1.14. The molecule has 3 aliphatic rings. The monoisotopic (exact) mass is 439 g/mol. The van der Waals surface area contributed by atoms with Gasteiger partial charge in [-0.15, -0.1) is 11.3 Å². The van der Waals surface area contributed by atoms with Crippen molar-refractivity contribution in [3.8, 4) is 0 Å². The number of carbonyl (C=O) groups excluding carboxylic acids is 1. The Hall–Kier alpha value is -1.69. The Morgan fingerprint density at radius 2 is 1.74 bits per heavy atom. The zero-order valence-corrected chi connectivity index (χ0v) is 18.9. The van der Waals surface area contributed by atoms with Crippen molar-refractivity contribution < 1.29 is 14.6 Å². The van der Waals surface area contributed by atoms with Gasteiger partial charge >= 0.3 is 5.97 Å². The Bertz CT molecular complexity index is 850. The molecule has 3 atom stereocenters. The second-order valence-corrected chi connectivity index (χ2v) is 10.7. The van der Waals surface area contributed by atoms with Gasteiger partial charge in [0.05, 0.1) is 6.61 Å². The third-order valence-corrected chi connectivity index (χ3v) is 8.91. The molecule has 0 amide bonds. The van der Waals surface area contributed by atoms with Gasteiger partial charge in [0.1, 0.15) is 0 Å². The molecular formula is C26H33NO3S. The first-order chi connectivity index (χ1) is 15.1. The molecule has 5 heteroatoms. The summed E-state index contributed by atoms with van der Waals surface area (Å²) in [5.41, 5.74) is -0.109. The molecule has 1 aliphatic heterocycles. The molecule has 3 fully saturated rings. The number of fused-ring (bicyclic) bond motifs is 2. The molecule has 2 aliphatic carbocycles. The lowest BCUT2D eigenvalue weighted by Gasteiger charge is -2.38. The molecule has 3 unspecified atom stereocenters. The Morgan fingerprint density at radius 1 is 1.03 bits per heavy atom. The van der Waals surface area contributed by atoms with E-state index in [1.54, 1.807) is 0 Å². The topological polar surface area (TPSA) is 49.8 Å². The van der Waals surface area contributed by atoms with Gasteiger partial charge in [0.2, 0.25) is 0 Å². The van der Waals surface area contributed by atoms with E-state index in [9.17, 15) is 9.90 Å². The molecule has 1 N–H and O–H groups in total. The second-order valence-electron chi connectivity index (χ2n) is 9.76. The smallest absolute Gasteiger partial charge is 0.344 e. The first-order valence-electron chi connectivity index (χ1n) is 11.8. The largest absolute Gasteiger partial charge is 0.463 e. The van der Waals surface area contributed by atoms with Crippen molar-refractivity contribution in [2.24, 2.45) is 23.7 Å². The van der Waals surface area contributed by atoms with Crippen molar-refractivity contribution in [1.82, 2.24) is 4.90 Å². The van der Waals surface area contributed by atoms with Crippen molar-refractivity contribution in [2.75, 3.05) is 19.7 Å². The lowest BCUT2D eigenvalue weighted by atomic mass is 9.84. The maximum absolute atomic E-state index is 13.3. The van der Waals surface area contributed by atoms with Crippen LogP contribution >= 0.6 is 11.3 Å². The van der Waals surface area contributed by atoms with E-state index in [1.165, 1.54) is 29.7 Å². The highest BCUT2D eigenvalue weighted by Gasteiger charge is 2.50. The number of rotatable bonds is 7.